The number of amides is 3. The van der Waals surface area contributed by atoms with Gasteiger partial charge in [-0.1, -0.05) is 13.3 Å². The molecule has 0 radical (unpaired) electrons. The lowest BCUT2D eigenvalue weighted by atomic mass is 10.2. The van der Waals surface area contributed by atoms with Crippen molar-refractivity contribution in [3.63, 3.8) is 0 Å². The molecule has 1 saturated heterocycles. The number of carbonyl (C=O) groups excluding carboxylic acids is 2. The minimum atomic E-state index is -1.16. The molecule has 0 aromatic heterocycles. The number of carboxylic acids is 1. The maximum atomic E-state index is 12.3. The topological polar surface area (TPSA) is 124 Å². The maximum absolute atomic E-state index is 12.3. The number of likely N-dealkylation sites (tertiary alicyclic amines) is 1. The maximum Gasteiger partial charge on any atom is 0.326 e. The highest BCUT2D eigenvalue weighted by molar-refractivity contribution is 5.86. The van der Waals surface area contributed by atoms with Crippen molar-refractivity contribution in [3.05, 3.63) is 0 Å². The Bertz CT molecular complexity index is 387. The number of carboxylic acid groups (broad SMARTS) is 1. The number of hydrogen-bond acceptors (Lipinski definition) is 4. The Labute approximate surface area is 117 Å². The Hall–Kier alpha value is -1.83. The number of unbranched alkanes of at least 4 members (excludes halogenated alkanes) is 1. The first-order valence-corrected chi connectivity index (χ1v) is 6.61. The molecule has 114 valence electrons. The summed E-state index contributed by atoms with van der Waals surface area (Å²) in [4.78, 5) is 36.8. The van der Waals surface area contributed by atoms with Gasteiger partial charge in [0.15, 0.2) is 0 Å². The third-order valence-electron chi connectivity index (χ3n) is 3.21. The number of β-amino-alcohol motifs (C(OH)–C–C–N with tert-alkyl or cyclic N) is 1. The Morgan fingerprint density at radius 3 is 2.55 bits per heavy atom. The van der Waals surface area contributed by atoms with E-state index < -0.39 is 30.1 Å². The van der Waals surface area contributed by atoms with Gasteiger partial charge in [-0.15, -0.1) is 0 Å². The summed E-state index contributed by atoms with van der Waals surface area (Å²) in [6.07, 6.45) is 0.654. The van der Waals surface area contributed by atoms with E-state index >= 15 is 0 Å². The summed E-state index contributed by atoms with van der Waals surface area (Å²) in [6, 6.07) is -1.63. The predicted octanol–water partition coefficient (Wildman–Crippen LogP) is -0.786. The lowest BCUT2D eigenvalue weighted by molar-refractivity contribution is -0.141. The fourth-order valence-corrected chi connectivity index (χ4v) is 2.22. The van der Waals surface area contributed by atoms with Crippen molar-refractivity contribution in [1.29, 1.82) is 0 Å². The molecule has 0 bridgehead atoms. The van der Waals surface area contributed by atoms with Crippen LogP contribution in [0.5, 0.6) is 0 Å². The number of nitrogens with zero attached hydrogens (tertiary/aromatic N) is 2. The molecule has 0 spiro atoms. The van der Waals surface area contributed by atoms with Gasteiger partial charge >= 0.3 is 12.0 Å². The average Bonchev–Trinajstić information content (AvgIpc) is 2.75. The van der Waals surface area contributed by atoms with Crippen LogP contribution in [0.1, 0.15) is 26.2 Å². The fraction of sp³-hybridized carbons (Fsp3) is 0.750. The van der Waals surface area contributed by atoms with Gasteiger partial charge in [-0.3, -0.25) is 4.79 Å². The minimum Gasteiger partial charge on any atom is -0.480 e. The fourth-order valence-electron chi connectivity index (χ4n) is 2.22. The van der Waals surface area contributed by atoms with Crippen LogP contribution in [0.15, 0.2) is 0 Å². The van der Waals surface area contributed by atoms with Crippen molar-refractivity contribution in [3.8, 4) is 0 Å². The average molecular weight is 287 g/mol. The number of rotatable bonds is 6. The number of aliphatic hydroxyl groups excluding tert-OH is 1. The van der Waals surface area contributed by atoms with E-state index in [-0.39, 0.29) is 19.5 Å². The van der Waals surface area contributed by atoms with Crippen molar-refractivity contribution < 1.29 is 24.6 Å². The lowest BCUT2D eigenvalue weighted by Crippen LogP contribution is -2.50. The molecular formula is C12H21N3O5. The second kappa shape index (κ2) is 7.09. The van der Waals surface area contributed by atoms with Crippen LogP contribution < -0.4 is 5.73 Å². The molecule has 0 aromatic carbocycles. The number of primary amides is 1. The van der Waals surface area contributed by atoms with Crippen molar-refractivity contribution >= 4 is 17.9 Å². The monoisotopic (exact) mass is 287 g/mol. The van der Waals surface area contributed by atoms with Gasteiger partial charge in [0, 0.05) is 19.5 Å². The molecular weight excluding hydrogens is 266 g/mol. The first-order valence-electron chi connectivity index (χ1n) is 6.61. The molecule has 1 aliphatic heterocycles. The van der Waals surface area contributed by atoms with E-state index in [1.165, 1.54) is 4.90 Å². The highest BCUT2D eigenvalue weighted by Crippen LogP contribution is 2.20. The van der Waals surface area contributed by atoms with E-state index in [4.69, 9.17) is 10.8 Å². The van der Waals surface area contributed by atoms with Crippen LogP contribution in [-0.2, 0) is 9.59 Å². The summed E-state index contributed by atoms with van der Waals surface area (Å²) in [5.41, 5.74) is 5.11. The van der Waals surface area contributed by atoms with Gasteiger partial charge in [-0.2, -0.15) is 0 Å². The predicted molar refractivity (Wildman–Crippen MR) is 69.8 cm³/mol. The van der Waals surface area contributed by atoms with Gasteiger partial charge in [0.1, 0.15) is 12.6 Å². The van der Waals surface area contributed by atoms with Crippen LogP contribution >= 0.6 is 0 Å². The number of aliphatic hydroxyl groups is 1. The van der Waals surface area contributed by atoms with E-state index in [2.05, 4.69) is 0 Å². The number of urea groups is 1. The largest absolute Gasteiger partial charge is 0.480 e. The molecule has 0 aromatic rings. The normalized spacial score (nSPS) is 21.8. The molecule has 1 rings (SSSR count). The zero-order valence-electron chi connectivity index (χ0n) is 11.5. The van der Waals surface area contributed by atoms with Crippen LogP contribution in [0.4, 0.5) is 4.79 Å². The third kappa shape index (κ3) is 4.09. The Balaban J connectivity index is 2.81. The highest BCUT2D eigenvalue weighted by atomic mass is 16.4. The molecule has 0 aliphatic carbocycles. The van der Waals surface area contributed by atoms with Crippen LogP contribution in [0.25, 0.3) is 0 Å². The Morgan fingerprint density at radius 1 is 1.40 bits per heavy atom. The summed E-state index contributed by atoms with van der Waals surface area (Å²) in [6.45, 7) is 1.97. The van der Waals surface area contributed by atoms with E-state index in [0.717, 1.165) is 11.3 Å². The van der Waals surface area contributed by atoms with Gasteiger partial charge in [0.25, 0.3) is 0 Å². The van der Waals surface area contributed by atoms with E-state index in [0.29, 0.717) is 13.0 Å². The summed E-state index contributed by atoms with van der Waals surface area (Å²) >= 11 is 0. The third-order valence-corrected chi connectivity index (χ3v) is 3.21. The summed E-state index contributed by atoms with van der Waals surface area (Å²) in [7, 11) is 0. The second-order valence-electron chi connectivity index (χ2n) is 4.92. The molecule has 1 fully saturated rings. The van der Waals surface area contributed by atoms with Gasteiger partial charge < -0.3 is 25.7 Å². The number of nitrogens with two attached hydrogens (primary N) is 1. The summed E-state index contributed by atoms with van der Waals surface area (Å²) in [5, 5.41) is 18.6. The van der Waals surface area contributed by atoms with Gasteiger partial charge in [-0.05, 0) is 6.42 Å². The molecule has 3 amide bonds. The van der Waals surface area contributed by atoms with Crippen LogP contribution in [-0.4, -0.2) is 69.7 Å². The number of aliphatic carboxylic acids is 1. The van der Waals surface area contributed by atoms with E-state index in [1.807, 2.05) is 6.92 Å². The quantitative estimate of drug-likeness (QED) is 0.590. The van der Waals surface area contributed by atoms with E-state index in [1.54, 1.807) is 0 Å². The summed E-state index contributed by atoms with van der Waals surface area (Å²) < 4.78 is 0. The van der Waals surface area contributed by atoms with Crippen molar-refractivity contribution in [1.82, 2.24) is 9.80 Å². The molecule has 1 heterocycles. The van der Waals surface area contributed by atoms with E-state index in [9.17, 15) is 19.5 Å². The lowest BCUT2D eigenvalue weighted by Gasteiger charge is -2.29. The first-order chi connectivity index (χ1) is 9.36. The molecule has 8 heteroatoms. The van der Waals surface area contributed by atoms with Crippen molar-refractivity contribution in [2.75, 3.05) is 19.6 Å². The molecule has 20 heavy (non-hydrogen) atoms. The van der Waals surface area contributed by atoms with Crippen LogP contribution in [0.3, 0.4) is 0 Å². The molecule has 1 aliphatic rings. The van der Waals surface area contributed by atoms with Crippen molar-refractivity contribution in [2.45, 2.75) is 38.3 Å². The molecule has 4 N–H and O–H groups in total. The highest BCUT2D eigenvalue weighted by Gasteiger charge is 2.40. The zero-order valence-corrected chi connectivity index (χ0v) is 11.5. The SMILES string of the molecule is CCCCN(CC(N)=O)C(=O)N1CC(O)CC1C(=O)O. The number of carbonyl (C=O) groups is 3. The standard InChI is InChI=1S/C12H21N3O5/c1-2-3-4-14(7-10(13)17)12(20)15-6-8(16)5-9(15)11(18)19/h8-9,16H,2-7H2,1H3,(H2,13,17)(H,18,19). The van der Waals surface area contributed by atoms with Gasteiger partial charge in [0.05, 0.1) is 6.10 Å². The molecule has 2 atom stereocenters. The minimum absolute atomic E-state index is 0.000732. The zero-order chi connectivity index (χ0) is 15.3. The van der Waals surface area contributed by atoms with Gasteiger partial charge in [0.2, 0.25) is 5.91 Å². The first kappa shape index (κ1) is 16.2. The molecule has 0 saturated carbocycles. The second-order valence-corrected chi connectivity index (χ2v) is 4.92. The van der Waals surface area contributed by atoms with Crippen LogP contribution in [0, 0.1) is 0 Å². The smallest absolute Gasteiger partial charge is 0.326 e. The molecule has 8 nitrogen and oxygen atoms in total. The Morgan fingerprint density at radius 2 is 2.05 bits per heavy atom. The summed E-state index contributed by atoms with van der Waals surface area (Å²) in [5.74, 6) is -1.81. The van der Waals surface area contributed by atoms with Gasteiger partial charge in [-0.25, -0.2) is 9.59 Å². The molecule has 2 unspecified atom stereocenters. The van der Waals surface area contributed by atoms with Crippen molar-refractivity contribution in [2.24, 2.45) is 5.73 Å². The Kier molecular flexibility index (Phi) is 5.75. The van der Waals surface area contributed by atoms with Crippen LogP contribution in [0.2, 0.25) is 0 Å². The number of hydrogen-bond donors (Lipinski definition) is 3.